The summed E-state index contributed by atoms with van der Waals surface area (Å²) in [6.45, 7) is 5.36. The zero-order chi connectivity index (χ0) is 13.5. The molecule has 1 aliphatic rings. The number of amides is 2. The van der Waals surface area contributed by atoms with Crippen molar-refractivity contribution in [2.45, 2.75) is 13.5 Å². The molecule has 0 atom stereocenters. The predicted molar refractivity (Wildman–Crippen MR) is 70.0 cm³/mol. The molecule has 19 heavy (non-hydrogen) atoms. The van der Waals surface area contributed by atoms with Crippen molar-refractivity contribution in [1.29, 1.82) is 0 Å². The molecule has 1 aromatic heterocycles. The van der Waals surface area contributed by atoms with Crippen molar-refractivity contribution < 1.29 is 14.3 Å². The minimum atomic E-state index is -0.0744. The van der Waals surface area contributed by atoms with Gasteiger partial charge < -0.3 is 19.7 Å². The molecule has 0 spiro atoms. The molecular weight excluding hydrogens is 246 g/mol. The summed E-state index contributed by atoms with van der Waals surface area (Å²) in [4.78, 5) is 17.8. The van der Waals surface area contributed by atoms with Gasteiger partial charge in [-0.1, -0.05) is 6.07 Å². The second-order valence-electron chi connectivity index (χ2n) is 4.16. The first kappa shape index (κ1) is 13.6. The number of hydrogen-bond donors (Lipinski definition) is 1. The molecule has 0 radical (unpaired) electrons. The van der Waals surface area contributed by atoms with Gasteiger partial charge in [0.15, 0.2) is 0 Å². The first-order valence-corrected chi connectivity index (χ1v) is 6.48. The molecule has 2 rings (SSSR count). The van der Waals surface area contributed by atoms with E-state index in [1.807, 2.05) is 19.1 Å². The lowest BCUT2D eigenvalue weighted by atomic mass is 10.2. The van der Waals surface area contributed by atoms with Gasteiger partial charge >= 0.3 is 6.03 Å². The standard InChI is InChI=1S/C13H19N3O3/c1-2-19-12-11(4-3-5-14-12)10-15-13(17)16-6-8-18-9-7-16/h3-5H,2,6-10H2,1H3,(H,15,17). The van der Waals surface area contributed by atoms with Gasteiger partial charge in [-0.15, -0.1) is 0 Å². The Bertz CT molecular complexity index is 419. The minimum absolute atomic E-state index is 0.0744. The minimum Gasteiger partial charge on any atom is -0.478 e. The number of nitrogens with zero attached hydrogens (tertiary/aromatic N) is 2. The number of ether oxygens (including phenoxy) is 2. The van der Waals surface area contributed by atoms with E-state index in [1.54, 1.807) is 11.1 Å². The summed E-state index contributed by atoms with van der Waals surface area (Å²) in [6, 6.07) is 3.66. The Morgan fingerprint density at radius 3 is 3.05 bits per heavy atom. The molecule has 1 N–H and O–H groups in total. The van der Waals surface area contributed by atoms with Crippen LogP contribution in [-0.4, -0.2) is 48.8 Å². The molecule has 2 heterocycles. The Labute approximate surface area is 112 Å². The van der Waals surface area contributed by atoms with Crippen LogP contribution in [-0.2, 0) is 11.3 Å². The van der Waals surface area contributed by atoms with Gasteiger partial charge in [0.25, 0.3) is 0 Å². The smallest absolute Gasteiger partial charge is 0.317 e. The topological polar surface area (TPSA) is 63.7 Å². The maximum Gasteiger partial charge on any atom is 0.317 e. The number of hydrogen-bond acceptors (Lipinski definition) is 4. The number of rotatable bonds is 4. The lowest BCUT2D eigenvalue weighted by Crippen LogP contribution is -2.45. The summed E-state index contributed by atoms with van der Waals surface area (Å²) in [6.07, 6.45) is 1.68. The van der Waals surface area contributed by atoms with E-state index in [0.29, 0.717) is 45.3 Å². The van der Waals surface area contributed by atoms with Crippen LogP contribution >= 0.6 is 0 Å². The van der Waals surface area contributed by atoms with Crippen LogP contribution in [0.2, 0.25) is 0 Å². The number of nitrogens with one attached hydrogen (secondary N) is 1. The van der Waals surface area contributed by atoms with E-state index >= 15 is 0 Å². The Morgan fingerprint density at radius 2 is 2.32 bits per heavy atom. The van der Waals surface area contributed by atoms with E-state index in [-0.39, 0.29) is 6.03 Å². The van der Waals surface area contributed by atoms with Gasteiger partial charge in [-0.3, -0.25) is 0 Å². The first-order valence-electron chi connectivity index (χ1n) is 6.48. The maximum absolute atomic E-state index is 11.9. The van der Waals surface area contributed by atoms with Gasteiger partial charge in [0.2, 0.25) is 5.88 Å². The van der Waals surface area contributed by atoms with Crippen molar-refractivity contribution in [2.24, 2.45) is 0 Å². The zero-order valence-electron chi connectivity index (χ0n) is 11.1. The molecule has 2 amide bonds. The van der Waals surface area contributed by atoms with Crippen molar-refractivity contribution >= 4 is 6.03 Å². The van der Waals surface area contributed by atoms with Crippen LogP contribution in [0, 0.1) is 0 Å². The Hall–Kier alpha value is -1.82. The predicted octanol–water partition coefficient (Wildman–Crippen LogP) is 1.02. The second kappa shape index (κ2) is 6.94. The van der Waals surface area contributed by atoms with E-state index < -0.39 is 0 Å². The normalized spacial score (nSPS) is 15.1. The lowest BCUT2D eigenvalue weighted by molar-refractivity contribution is 0.0531. The molecule has 0 saturated carbocycles. The van der Waals surface area contributed by atoms with Crippen LogP contribution in [0.15, 0.2) is 18.3 Å². The molecule has 1 aliphatic heterocycles. The summed E-state index contributed by atoms with van der Waals surface area (Å²) in [7, 11) is 0. The molecule has 6 heteroatoms. The van der Waals surface area contributed by atoms with Crippen LogP contribution in [0.5, 0.6) is 5.88 Å². The van der Waals surface area contributed by atoms with Crippen LogP contribution in [0.25, 0.3) is 0 Å². The Morgan fingerprint density at radius 1 is 1.53 bits per heavy atom. The van der Waals surface area contributed by atoms with Gasteiger partial charge in [-0.25, -0.2) is 9.78 Å². The van der Waals surface area contributed by atoms with E-state index in [0.717, 1.165) is 5.56 Å². The van der Waals surface area contributed by atoms with Crippen molar-refractivity contribution in [3.8, 4) is 5.88 Å². The fourth-order valence-electron chi connectivity index (χ4n) is 1.87. The van der Waals surface area contributed by atoms with Crippen LogP contribution in [0.3, 0.4) is 0 Å². The molecule has 1 saturated heterocycles. The van der Waals surface area contributed by atoms with E-state index in [2.05, 4.69) is 10.3 Å². The monoisotopic (exact) mass is 265 g/mol. The number of pyridine rings is 1. The summed E-state index contributed by atoms with van der Waals surface area (Å²) in [5, 5.41) is 2.88. The number of carbonyl (C=O) groups is 1. The largest absolute Gasteiger partial charge is 0.478 e. The molecule has 0 aliphatic carbocycles. The van der Waals surface area contributed by atoms with E-state index in [1.165, 1.54) is 0 Å². The molecule has 0 aromatic carbocycles. The van der Waals surface area contributed by atoms with E-state index in [9.17, 15) is 4.79 Å². The number of urea groups is 1. The fraction of sp³-hybridized carbons (Fsp3) is 0.538. The second-order valence-corrected chi connectivity index (χ2v) is 4.16. The highest BCUT2D eigenvalue weighted by Crippen LogP contribution is 2.13. The summed E-state index contributed by atoms with van der Waals surface area (Å²) in [5.74, 6) is 0.576. The Balaban J connectivity index is 1.89. The highest BCUT2D eigenvalue weighted by Gasteiger charge is 2.16. The number of carbonyl (C=O) groups excluding carboxylic acids is 1. The molecule has 6 nitrogen and oxygen atoms in total. The third kappa shape index (κ3) is 3.82. The van der Waals surface area contributed by atoms with Crippen molar-refractivity contribution in [2.75, 3.05) is 32.9 Å². The van der Waals surface area contributed by atoms with Crippen molar-refractivity contribution in [3.63, 3.8) is 0 Å². The zero-order valence-corrected chi connectivity index (χ0v) is 11.1. The third-order valence-electron chi connectivity index (χ3n) is 2.86. The van der Waals surface area contributed by atoms with Crippen molar-refractivity contribution in [3.05, 3.63) is 23.9 Å². The maximum atomic E-state index is 11.9. The van der Waals surface area contributed by atoms with Crippen LogP contribution < -0.4 is 10.1 Å². The van der Waals surface area contributed by atoms with Gasteiger partial charge in [-0.05, 0) is 13.0 Å². The summed E-state index contributed by atoms with van der Waals surface area (Å²) in [5.41, 5.74) is 0.881. The molecule has 0 unspecified atom stereocenters. The first-order chi connectivity index (χ1) is 9.31. The quantitative estimate of drug-likeness (QED) is 0.883. The van der Waals surface area contributed by atoms with Crippen LogP contribution in [0.4, 0.5) is 4.79 Å². The lowest BCUT2D eigenvalue weighted by Gasteiger charge is -2.27. The average Bonchev–Trinajstić information content (AvgIpc) is 2.47. The van der Waals surface area contributed by atoms with Gasteiger partial charge in [-0.2, -0.15) is 0 Å². The van der Waals surface area contributed by atoms with E-state index in [4.69, 9.17) is 9.47 Å². The summed E-state index contributed by atoms with van der Waals surface area (Å²) >= 11 is 0. The SMILES string of the molecule is CCOc1ncccc1CNC(=O)N1CCOCC1. The fourth-order valence-corrected chi connectivity index (χ4v) is 1.87. The third-order valence-corrected chi connectivity index (χ3v) is 2.86. The molecule has 0 bridgehead atoms. The molecule has 104 valence electrons. The average molecular weight is 265 g/mol. The molecule has 1 fully saturated rings. The van der Waals surface area contributed by atoms with Gasteiger partial charge in [0.1, 0.15) is 0 Å². The van der Waals surface area contributed by atoms with Gasteiger partial charge in [0, 0.05) is 31.4 Å². The highest BCUT2D eigenvalue weighted by molar-refractivity contribution is 5.74. The number of aromatic nitrogens is 1. The summed E-state index contributed by atoms with van der Waals surface area (Å²) < 4.78 is 10.6. The number of morpholine rings is 1. The Kier molecular flexibility index (Phi) is 4.97. The van der Waals surface area contributed by atoms with Gasteiger partial charge in [0.05, 0.1) is 19.8 Å². The van der Waals surface area contributed by atoms with Crippen molar-refractivity contribution in [1.82, 2.24) is 15.2 Å². The molecule has 1 aromatic rings. The van der Waals surface area contributed by atoms with Crippen LogP contribution in [0.1, 0.15) is 12.5 Å². The highest BCUT2D eigenvalue weighted by atomic mass is 16.5. The molecular formula is C13H19N3O3.